The molecule has 2 aromatic carbocycles. The Hall–Kier alpha value is -2.00. The fourth-order valence-corrected chi connectivity index (χ4v) is 1.31. The summed E-state index contributed by atoms with van der Waals surface area (Å²) in [5.74, 6) is 0.514. The largest absolute Gasteiger partial charge is 0.508 e. The summed E-state index contributed by atoms with van der Waals surface area (Å²) in [7, 11) is 0. The third-order valence-electron chi connectivity index (χ3n) is 2.07. The van der Waals surface area contributed by atoms with Crippen LogP contribution >= 0.6 is 0 Å². The molecule has 0 radical (unpaired) electrons. The monoisotopic (exact) mass is 204 g/mol. The zero-order valence-corrected chi connectivity index (χ0v) is 8.01. The molecule has 2 rings (SSSR count). The minimum atomic E-state index is 0. The van der Waals surface area contributed by atoms with E-state index in [-0.39, 0.29) is 17.0 Å². The molecule has 0 aliphatic heterocycles. The highest BCUT2D eigenvalue weighted by molar-refractivity contribution is 5.64. The summed E-state index contributed by atoms with van der Waals surface area (Å²) >= 11 is 0. The van der Waals surface area contributed by atoms with Crippen molar-refractivity contribution in [1.82, 2.24) is 0 Å². The number of phenols is 2. The minimum absolute atomic E-state index is 0. The smallest absolute Gasteiger partial charge is 0.115 e. The third-order valence-corrected chi connectivity index (χ3v) is 2.07. The maximum absolute atomic E-state index is 9.11. The summed E-state index contributed by atoms with van der Waals surface area (Å²) < 4.78 is 0. The lowest BCUT2D eigenvalue weighted by atomic mass is 10.1. The number of hydrogen-bond acceptors (Lipinski definition) is 2. The van der Waals surface area contributed by atoms with Crippen molar-refractivity contribution in [3.8, 4) is 22.6 Å². The first-order chi connectivity index (χ1) is 6.75. The van der Waals surface area contributed by atoms with Gasteiger partial charge in [0, 0.05) is 0 Å². The molecule has 0 saturated carbocycles. The molecule has 15 heavy (non-hydrogen) atoms. The molecule has 0 spiro atoms. The Kier molecular flexibility index (Phi) is 3.31. The number of aromatic hydroxyl groups is 2. The molecule has 0 amide bonds. The van der Waals surface area contributed by atoms with Crippen molar-refractivity contribution in [2.24, 2.45) is 0 Å². The first kappa shape index (κ1) is 11.1. The zero-order chi connectivity index (χ0) is 9.97. The molecule has 0 heterocycles. The molecule has 78 valence electrons. The number of hydrogen-bond donors (Lipinski definition) is 2. The van der Waals surface area contributed by atoms with Crippen molar-refractivity contribution < 1.29 is 15.7 Å². The third kappa shape index (κ3) is 2.48. The zero-order valence-electron chi connectivity index (χ0n) is 8.01. The molecule has 0 unspecified atom stereocenters. The van der Waals surface area contributed by atoms with Crippen LogP contribution in [0.15, 0.2) is 48.5 Å². The van der Waals surface area contributed by atoms with Crippen LogP contribution in [0.2, 0.25) is 0 Å². The highest BCUT2D eigenvalue weighted by Gasteiger charge is 1.96. The van der Waals surface area contributed by atoms with E-state index in [1.165, 1.54) is 0 Å². The summed E-state index contributed by atoms with van der Waals surface area (Å²) in [5.41, 5.74) is 2.03. The van der Waals surface area contributed by atoms with Crippen molar-refractivity contribution in [3.63, 3.8) is 0 Å². The van der Waals surface area contributed by atoms with Crippen LogP contribution in [0.25, 0.3) is 11.1 Å². The standard InChI is InChI=1S/C12H10O2.H2O/c13-11-5-1-9(2-6-11)10-3-7-12(14)8-4-10;/h1-8,13-14H;1H2. The first-order valence-electron chi connectivity index (χ1n) is 4.34. The lowest BCUT2D eigenvalue weighted by Crippen LogP contribution is -1.75. The first-order valence-corrected chi connectivity index (χ1v) is 4.34. The Morgan fingerprint density at radius 1 is 0.533 bits per heavy atom. The van der Waals surface area contributed by atoms with Crippen LogP contribution in [0.3, 0.4) is 0 Å². The van der Waals surface area contributed by atoms with Gasteiger partial charge >= 0.3 is 0 Å². The maximum atomic E-state index is 9.11. The molecular formula is C12H12O3. The molecule has 4 N–H and O–H groups in total. The van der Waals surface area contributed by atoms with Gasteiger partial charge in [0.1, 0.15) is 11.5 Å². The highest BCUT2D eigenvalue weighted by Crippen LogP contribution is 2.23. The van der Waals surface area contributed by atoms with E-state index >= 15 is 0 Å². The van der Waals surface area contributed by atoms with Crippen molar-refractivity contribution in [2.75, 3.05) is 0 Å². The van der Waals surface area contributed by atoms with E-state index in [1.807, 2.05) is 24.3 Å². The fraction of sp³-hybridized carbons (Fsp3) is 0. The van der Waals surface area contributed by atoms with Gasteiger partial charge in [0.25, 0.3) is 0 Å². The van der Waals surface area contributed by atoms with E-state index in [4.69, 9.17) is 10.2 Å². The van der Waals surface area contributed by atoms with Crippen LogP contribution in [0, 0.1) is 0 Å². The molecule has 2 aromatic rings. The van der Waals surface area contributed by atoms with Crippen LogP contribution < -0.4 is 0 Å². The summed E-state index contributed by atoms with van der Waals surface area (Å²) in [6.45, 7) is 0. The van der Waals surface area contributed by atoms with Gasteiger partial charge in [-0.05, 0) is 35.4 Å². The Balaban J connectivity index is 0.00000112. The second-order valence-corrected chi connectivity index (χ2v) is 3.09. The quantitative estimate of drug-likeness (QED) is 0.745. The number of phenolic OH excluding ortho intramolecular Hbond substituents is 2. The van der Waals surface area contributed by atoms with Gasteiger partial charge in [0.15, 0.2) is 0 Å². The SMILES string of the molecule is O.Oc1ccc(-c2ccc(O)cc2)cc1. The number of rotatable bonds is 1. The Bertz CT molecular complexity index is 374. The normalized spacial score (nSPS) is 9.33. The van der Waals surface area contributed by atoms with Gasteiger partial charge in [-0.25, -0.2) is 0 Å². The molecule has 3 heteroatoms. The van der Waals surface area contributed by atoms with Crippen LogP contribution in [0.5, 0.6) is 11.5 Å². The molecule has 0 fully saturated rings. The van der Waals surface area contributed by atoms with Crippen LogP contribution in [0.4, 0.5) is 0 Å². The molecule has 0 aliphatic rings. The van der Waals surface area contributed by atoms with Crippen LogP contribution in [-0.4, -0.2) is 15.7 Å². The molecule has 0 aromatic heterocycles. The molecule has 3 nitrogen and oxygen atoms in total. The van der Waals surface area contributed by atoms with Gasteiger partial charge in [-0.1, -0.05) is 24.3 Å². The number of benzene rings is 2. The predicted octanol–water partition coefficient (Wildman–Crippen LogP) is 1.94. The topological polar surface area (TPSA) is 72.0 Å². The highest BCUT2D eigenvalue weighted by atomic mass is 16.3. The Morgan fingerprint density at radius 2 is 0.800 bits per heavy atom. The van der Waals surface area contributed by atoms with Gasteiger partial charge in [0.05, 0.1) is 0 Å². The fourth-order valence-electron chi connectivity index (χ4n) is 1.31. The van der Waals surface area contributed by atoms with E-state index in [9.17, 15) is 0 Å². The predicted molar refractivity (Wildman–Crippen MR) is 58.8 cm³/mol. The second-order valence-electron chi connectivity index (χ2n) is 3.09. The average molecular weight is 204 g/mol. The molecular weight excluding hydrogens is 192 g/mol. The van der Waals surface area contributed by atoms with E-state index < -0.39 is 0 Å². The lowest BCUT2D eigenvalue weighted by molar-refractivity contribution is 0.474. The molecule has 0 atom stereocenters. The van der Waals surface area contributed by atoms with Crippen molar-refractivity contribution in [3.05, 3.63) is 48.5 Å². The van der Waals surface area contributed by atoms with Crippen molar-refractivity contribution in [1.29, 1.82) is 0 Å². The Morgan fingerprint density at radius 3 is 1.07 bits per heavy atom. The Labute approximate surface area is 87.6 Å². The van der Waals surface area contributed by atoms with Crippen LogP contribution in [-0.2, 0) is 0 Å². The summed E-state index contributed by atoms with van der Waals surface area (Å²) in [4.78, 5) is 0. The van der Waals surface area contributed by atoms with E-state index in [2.05, 4.69) is 0 Å². The summed E-state index contributed by atoms with van der Waals surface area (Å²) in [6, 6.07) is 13.9. The average Bonchev–Trinajstić information content (AvgIpc) is 2.21. The molecule has 0 bridgehead atoms. The second kappa shape index (κ2) is 4.48. The minimum Gasteiger partial charge on any atom is -0.508 e. The summed E-state index contributed by atoms with van der Waals surface area (Å²) in [5, 5.41) is 18.2. The molecule has 0 aliphatic carbocycles. The van der Waals surface area contributed by atoms with E-state index in [0.29, 0.717) is 0 Å². The van der Waals surface area contributed by atoms with Gasteiger partial charge in [-0.2, -0.15) is 0 Å². The summed E-state index contributed by atoms with van der Waals surface area (Å²) in [6.07, 6.45) is 0. The van der Waals surface area contributed by atoms with Gasteiger partial charge in [0.2, 0.25) is 0 Å². The maximum Gasteiger partial charge on any atom is 0.115 e. The lowest BCUT2D eigenvalue weighted by Gasteiger charge is -2.01. The molecule has 0 saturated heterocycles. The van der Waals surface area contributed by atoms with Crippen LogP contribution in [0.1, 0.15) is 0 Å². The van der Waals surface area contributed by atoms with Crippen molar-refractivity contribution >= 4 is 0 Å². The van der Waals surface area contributed by atoms with Gasteiger partial charge in [-0.3, -0.25) is 0 Å². The van der Waals surface area contributed by atoms with Crippen molar-refractivity contribution in [2.45, 2.75) is 0 Å². The van der Waals surface area contributed by atoms with E-state index in [0.717, 1.165) is 11.1 Å². The van der Waals surface area contributed by atoms with Gasteiger partial charge in [-0.15, -0.1) is 0 Å². The van der Waals surface area contributed by atoms with E-state index in [1.54, 1.807) is 24.3 Å². The van der Waals surface area contributed by atoms with Gasteiger partial charge < -0.3 is 15.7 Å².